The van der Waals surface area contributed by atoms with Crippen molar-refractivity contribution < 1.29 is 9.53 Å². The highest BCUT2D eigenvalue weighted by Crippen LogP contribution is 1.86. The van der Waals surface area contributed by atoms with Crippen molar-refractivity contribution in [2.45, 2.75) is 0 Å². The molecule has 1 heterocycles. The van der Waals surface area contributed by atoms with Gasteiger partial charge in [-0.1, -0.05) is 0 Å². The third-order valence-electron chi connectivity index (χ3n) is 0.609. The lowest BCUT2D eigenvalue weighted by molar-refractivity contribution is 0.208. The Morgan fingerprint density at radius 3 is 2.71 bits per heavy atom. The summed E-state index contributed by atoms with van der Waals surface area (Å²) in [6.07, 6.45) is -0.523. The Bertz CT molecular complexity index is 106. The summed E-state index contributed by atoms with van der Waals surface area (Å²) in [6.45, 7) is 0.235. The Kier molecular flexibility index (Phi) is 0.714. The van der Waals surface area contributed by atoms with Gasteiger partial charge in [-0.15, -0.1) is 0 Å². The molecule has 0 unspecified atom stereocenters. The van der Waals surface area contributed by atoms with Crippen LogP contribution in [0.4, 0.5) is 4.79 Å². The van der Waals surface area contributed by atoms with Crippen molar-refractivity contribution in [1.29, 1.82) is 5.41 Å². The van der Waals surface area contributed by atoms with Gasteiger partial charge >= 0.3 is 6.09 Å². The van der Waals surface area contributed by atoms with Crippen LogP contribution in [0.25, 0.3) is 0 Å². The van der Waals surface area contributed by atoms with Crippen LogP contribution in [0.1, 0.15) is 0 Å². The van der Waals surface area contributed by atoms with Crippen molar-refractivity contribution >= 4 is 12.0 Å². The van der Waals surface area contributed by atoms with Gasteiger partial charge in [-0.2, -0.15) is 0 Å². The summed E-state index contributed by atoms with van der Waals surface area (Å²) < 4.78 is 4.19. The van der Waals surface area contributed by atoms with Gasteiger partial charge in [0.2, 0.25) is 5.90 Å². The molecule has 1 amide bonds. The molecule has 0 spiro atoms. The van der Waals surface area contributed by atoms with Crippen molar-refractivity contribution in [1.82, 2.24) is 5.32 Å². The standard InChI is InChI=1S/C3H4N2O2/c4-2-1-5-3(6)7-2/h4H,1H2,(H,5,6). The Hall–Kier alpha value is -1.06. The fourth-order valence-electron chi connectivity index (χ4n) is 0.337. The van der Waals surface area contributed by atoms with E-state index in [0.717, 1.165) is 0 Å². The van der Waals surface area contributed by atoms with E-state index in [1.165, 1.54) is 0 Å². The van der Waals surface area contributed by atoms with E-state index in [1.54, 1.807) is 0 Å². The Labute approximate surface area is 40.0 Å². The number of cyclic esters (lactones) is 1. The minimum atomic E-state index is -0.523. The summed E-state index contributed by atoms with van der Waals surface area (Å²) in [5.74, 6) is -0.00926. The van der Waals surface area contributed by atoms with Crippen LogP contribution in [0.3, 0.4) is 0 Å². The number of rotatable bonds is 0. The van der Waals surface area contributed by atoms with E-state index in [9.17, 15) is 4.79 Å². The first-order valence-electron chi connectivity index (χ1n) is 1.82. The van der Waals surface area contributed by atoms with Gasteiger partial charge in [0.15, 0.2) is 0 Å². The number of nitrogens with one attached hydrogen (secondary N) is 2. The summed E-state index contributed by atoms with van der Waals surface area (Å²) in [7, 11) is 0. The van der Waals surface area contributed by atoms with E-state index < -0.39 is 6.09 Å². The van der Waals surface area contributed by atoms with Crippen LogP contribution in [0.5, 0.6) is 0 Å². The molecule has 4 nitrogen and oxygen atoms in total. The molecule has 0 aromatic carbocycles. The molecule has 1 rings (SSSR count). The highest BCUT2D eigenvalue weighted by Gasteiger charge is 2.13. The Morgan fingerprint density at radius 1 is 1.86 bits per heavy atom. The molecular formula is C3H4N2O2. The maximum absolute atomic E-state index is 9.98. The fraction of sp³-hybridized carbons (Fsp3) is 0.333. The average Bonchev–Trinajstić information content (AvgIpc) is 1.87. The molecule has 0 atom stereocenters. The molecule has 0 radical (unpaired) electrons. The quantitative estimate of drug-likeness (QED) is 0.439. The lowest BCUT2D eigenvalue weighted by Gasteiger charge is -1.80. The molecule has 0 aromatic rings. The normalized spacial score (nSPS) is 18.9. The second-order valence-corrected chi connectivity index (χ2v) is 1.17. The highest BCUT2D eigenvalue weighted by molar-refractivity contribution is 5.94. The van der Waals surface area contributed by atoms with Gasteiger partial charge in [0.25, 0.3) is 0 Å². The third-order valence-corrected chi connectivity index (χ3v) is 0.609. The van der Waals surface area contributed by atoms with Crippen LogP contribution in [-0.4, -0.2) is 18.5 Å². The van der Waals surface area contributed by atoms with Crippen LogP contribution in [0.2, 0.25) is 0 Å². The number of hydrogen-bond acceptors (Lipinski definition) is 3. The largest absolute Gasteiger partial charge is 0.414 e. The molecule has 1 aliphatic heterocycles. The van der Waals surface area contributed by atoms with Crippen molar-refractivity contribution in [3.05, 3.63) is 0 Å². The van der Waals surface area contributed by atoms with E-state index >= 15 is 0 Å². The molecule has 0 bridgehead atoms. The zero-order valence-corrected chi connectivity index (χ0v) is 3.52. The first-order chi connectivity index (χ1) is 3.29. The molecule has 7 heavy (non-hydrogen) atoms. The average molecular weight is 100 g/mol. The third kappa shape index (κ3) is 0.677. The summed E-state index contributed by atoms with van der Waals surface area (Å²) in [5, 5.41) is 8.96. The van der Waals surface area contributed by atoms with Crippen molar-refractivity contribution in [3.63, 3.8) is 0 Å². The number of hydrogen-bond donors (Lipinski definition) is 2. The second kappa shape index (κ2) is 1.22. The van der Waals surface area contributed by atoms with Gasteiger partial charge in [-0.3, -0.25) is 5.41 Å². The van der Waals surface area contributed by atoms with E-state index in [4.69, 9.17) is 5.41 Å². The highest BCUT2D eigenvalue weighted by atomic mass is 16.6. The molecular weight excluding hydrogens is 96.0 g/mol. The van der Waals surface area contributed by atoms with E-state index in [2.05, 4.69) is 10.1 Å². The fourth-order valence-corrected chi connectivity index (χ4v) is 0.337. The second-order valence-electron chi connectivity index (χ2n) is 1.17. The maximum atomic E-state index is 9.98. The van der Waals surface area contributed by atoms with Crippen LogP contribution in [0, 0.1) is 5.41 Å². The minimum Gasteiger partial charge on any atom is -0.394 e. The van der Waals surface area contributed by atoms with Crippen LogP contribution in [0.15, 0.2) is 0 Å². The van der Waals surface area contributed by atoms with Gasteiger partial charge < -0.3 is 10.1 Å². The summed E-state index contributed by atoms with van der Waals surface area (Å²) in [5.41, 5.74) is 0. The monoisotopic (exact) mass is 100 g/mol. The van der Waals surface area contributed by atoms with Gasteiger partial charge in [0.1, 0.15) is 0 Å². The van der Waals surface area contributed by atoms with Gasteiger partial charge in [0.05, 0.1) is 6.54 Å². The SMILES string of the molecule is N=C1CNC(=O)O1. The number of alkyl carbamates (subject to hydrolysis) is 1. The molecule has 1 saturated heterocycles. The Morgan fingerprint density at radius 2 is 2.57 bits per heavy atom. The van der Waals surface area contributed by atoms with Crippen molar-refractivity contribution in [2.24, 2.45) is 0 Å². The molecule has 4 heteroatoms. The van der Waals surface area contributed by atoms with Crippen LogP contribution >= 0.6 is 0 Å². The molecule has 0 aromatic heterocycles. The number of carbonyl (C=O) groups excluding carboxylic acids is 1. The Balaban J connectivity index is 2.55. The predicted octanol–water partition coefficient (Wildman–Crippen LogP) is -0.297. The number of carbonyl (C=O) groups is 1. The minimum absolute atomic E-state index is 0.00926. The van der Waals surface area contributed by atoms with Gasteiger partial charge in [-0.25, -0.2) is 4.79 Å². The molecule has 38 valence electrons. The zero-order chi connectivity index (χ0) is 5.28. The van der Waals surface area contributed by atoms with E-state index in [-0.39, 0.29) is 12.4 Å². The number of amides is 1. The summed E-state index contributed by atoms with van der Waals surface area (Å²) in [6, 6.07) is 0. The van der Waals surface area contributed by atoms with Crippen LogP contribution < -0.4 is 5.32 Å². The lowest BCUT2D eigenvalue weighted by Crippen LogP contribution is -2.12. The lowest BCUT2D eigenvalue weighted by atomic mass is 10.7. The molecule has 0 saturated carbocycles. The van der Waals surface area contributed by atoms with Gasteiger partial charge in [-0.05, 0) is 0 Å². The van der Waals surface area contributed by atoms with Gasteiger partial charge in [0, 0.05) is 0 Å². The molecule has 1 aliphatic rings. The van der Waals surface area contributed by atoms with E-state index in [1.807, 2.05) is 0 Å². The molecule has 2 N–H and O–H groups in total. The molecule has 1 fully saturated rings. The predicted molar refractivity (Wildman–Crippen MR) is 22.2 cm³/mol. The van der Waals surface area contributed by atoms with Crippen molar-refractivity contribution in [3.8, 4) is 0 Å². The summed E-state index contributed by atoms with van der Waals surface area (Å²) in [4.78, 5) is 9.98. The van der Waals surface area contributed by atoms with Crippen molar-refractivity contribution in [2.75, 3.05) is 6.54 Å². The van der Waals surface area contributed by atoms with Crippen LogP contribution in [-0.2, 0) is 4.74 Å². The zero-order valence-electron chi connectivity index (χ0n) is 3.52. The maximum Gasteiger partial charge on any atom is 0.414 e. The smallest absolute Gasteiger partial charge is 0.394 e. The summed E-state index contributed by atoms with van der Waals surface area (Å²) >= 11 is 0. The first kappa shape index (κ1) is 4.11. The first-order valence-corrected chi connectivity index (χ1v) is 1.82. The topological polar surface area (TPSA) is 62.2 Å². The number of ether oxygens (including phenoxy) is 1. The van der Waals surface area contributed by atoms with E-state index in [0.29, 0.717) is 0 Å². The molecule has 0 aliphatic carbocycles.